The molecule has 0 fully saturated rings. The largest absolute Gasteiger partial charge is 0.493 e. The zero-order chi connectivity index (χ0) is 20.1. The predicted molar refractivity (Wildman–Crippen MR) is 109 cm³/mol. The van der Waals surface area contributed by atoms with Crippen molar-refractivity contribution in [2.24, 2.45) is 0 Å². The molecule has 1 amide bonds. The van der Waals surface area contributed by atoms with E-state index in [0.29, 0.717) is 39.1 Å². The van der Waals surface area contributed by atoms with E-state index in [0.717, 1.165) is 4.88 Å². The Morgan fingerprint density at radius 2 is 2.00 bits per heavy atom. The summed E-state index contributed by atoms with van der Waals surface area (Å²) in [5.74, 6) is 1.68. The van der Waals surface area contributed by atoms with Crippen LogP contribution >= 0.6 is 34.7 Å². The van der Waals surface area contributed by atoms with Crippen LogP contribution in [0.3, 0.4) is 0 Å². The summed E-state index contributed by atoms with van der Waals surface area (Å²) >= 11 is 8.58. The van der Waals surface area contributed by atoms with Gasteiger partial charge in [0.25, 0.3) is 5.22 Å². The minimum Gasteiger partial charge on any atom is -0.493 e. The number of aromatic nitrogens is 2. The topological polar surface area (TPSA) is 77.7 Å². The van der Waals surface area contributed by atoms with E-state index < -0.39 is 0 Å². The molecule has 2 aromatic heterocycles. The molecule has 2 heterocycles. The zero-order valence-corrected chi connectivity index (χ0v) is 17.9. The van der Waals surface area contributed by atoms with E-state index >= 15 is 0 Å². The van der Waals surface area contributed by atoms with Gasteiger partial charge in [-0.25, -0.2) is 0 Å². The van der Waals surface area contributed by atoms with Gasteiger partial charge in [-0.05, 0) is 30.3 Å². The number of halogens is 1. The highest BCUT2D eigenvalue weighted by molar-refractivity contribution is 7.99. The fraction of sp³-hybridized carbons (Fsp3) is 0.278. The Labute approximate surface area is 175 Å². The first kappa shape index (κ1) is 20.5. The van der Waals surface area contributed by atoms with Gasteiger partial charge in [0.2, 0.25) is 11.8 Å². The highest BCUT2D eigenvalue weighted by Gasteiger charge is 2.16. The second-order valence-corrected chi connectivity index (χ2v) is 8.41. The molecule has 0 atom stereocenters. The van der Waals surface area contributed by atoms with Crippen LogP contribution in [0.15, 0.2) is 40.0 Å². The third-order valence-electron chi connectivity index (χ3n) is 3.80. The van der Waals surface area contributed by atoms with Crippen LogP contribution in [0, 0.1) is 0 Å². The van der Waals surface area contributed by atoms with Gasteiger partial charge in [0.1, 0.15) is 0 Å². The van der Waals surface area contributed by atoms with Crippen molar-refractivity contribution in [3.8, 4) is 23.0 Å². The summed E-state index contributed by atoms with van der Waals surface area (Å²) in [5, 5.41) is 8.36. The van der Waals surface area contributed by atoms with Crippen molar-refractivity contribution in [2.45, 2.75) is 11.8 Å². The lowest BCUT2D eigenvalue weighted by Gasteiger charge is -2.15. The number of methoxy groups -OCH3 is 2. The Morgan fingerprint density at radius 3 is 2.68 bits per heavy atom. The van der Waals surface area contributed by atoms with Crippen molar-refractivity contribution in [3.05, 3.63) is 39.5 Å². The lowest BCUT2D eigenvalue weighted by atomic mass is 10.2. The van der Waals surface area contributed by atoms with Gasteiger partial charge in [0.05, 0.1) is 30.9 Å². The predicted octanol–water partition coefficient (Wildman–Crippen LogP) is 4.22. The van der Waals surface area contributed by atoms with Crippen molar-refractivity contribution in [1.29, 1.82) is 0 Å². The number of nitrogens with zero attached hydrogens (tertiary/aromatic N) is 3. The highest BCUT2D eigenvalue weighted by Crippen LogP contribution is 2.32. The van der Waals surface area contributed by atoms with Crippen LogP contribution in [0.1, 0.15) is 4.88 Å². The van der Waals surface area contributed by atoms with E-state index in [1.54, 1.807) is 44.4 Å². The first-order chi connectivity index (χ1) is 13.5. The standard InChI is InChI=1S/C18H18ClN3O4S2/c1-22(9-12-5-7-15(19)28-12)16(23)10-27-18-21-20-17(26-18)11-4-6-13(24-2)14(8-11)25-3/h4-8H,9-10H2,1-3H3. The monoisotopic (exact) mass is 439 g/mol. The average Bonchev–Trinajstić information content (AvgIpc) is 3.34. The number of amides is 1. The molecular weight excluding hydrogens is 422 g/mol. The Bertz CT molecular complexity index is 960. The molecule has 0 bridgehead atoms. The smallest absolute Gasteiger partial charge is 0.277 e. The van der Waals surface area contributed by atoms with Crippen LogP contribution in [0.2, 0.25) is 4.34 Å². The van der Waals surface area contributed by atoms with Crippen LogP contribution in [0.25, 0.3) is 11.5 Å². The number of benzene rings is 1. The normalized spacial score (nSPS) is 10.7. The molecule has 0 saturated heterocycles. The number of rotatable bonds is 8. The van der Waals surface area contributed by atoms with Gasteiger partial charge in [-0.1, -0.05) is 23.4 Å². The summed E-state index contributed by atoms with van der Waals surface area (Å²) in [5.41, 5.74) is 0.704. The van der Waals surface area contributed by atoms with Crippen LogP contribution in [-0.2, 0) is 11.3 Å². The first-order valence-corrected chi connectivity index (χ1v) is 10.3. The summed E-state index contributed by atoms with van der Waals surface area (Å²) in [6.45, 7) is 0.511. The molecule has 0 saturated carbocycles. The molecule has 0 aliphatic carbocycles. The first-order valence-electron chi connectivity index (χ1n) is 8.17. The maximum absolute atomic E-state index is 12.3. The van der Waals surface area contributed by atoms with E-state index in [1.165, 1.54) is 23.1 Å². The molecule has 0 unspecified atom stereocenters. The molecule has 148 valence electrons. The van der Waals surface area contributed by atoms with E-state index in [2.05, 4.69) is 10.2 Å². The molecule has 0 aliphatic rings. The summed E-state index contributed by atoms with van der Waals surface area (Å²) < 4.78 is 16.9. The number of hydrogen-bond acceptors (Lipinski definition) is 8. The number of thiophene rings is 1. The van der Waals surface area contributed by atoms with Crippen molar-refractivity contribution >= 4 is 40.6 Å². The SMILES string of the molecule is COc1ccc(-c2nnc(SCC(=O)N(C)Cc3ccc(Cl)s3)o2)cc1OC. The molecule has 0 spiro atoms. The van der Waals surface area contributed by atoms with Gasteiger partial charge in [0.15, 0.2) is 11.5 Å². The number of carbonyl (C=O) groups is 1. The minimum absolute atomic E-state index is 0.0413. The van der Waals surface area contributed by atoms with Crippen molar-refractivity contribution < 1.29 is 18.7 Å². The highest BCUT2D eigenvalue weighted by atomic mass is 35.5. The molecule has 3 rings (SSSR count). The second kappa shape index (κ2) is 9.31. The van der Waals surface area contributed by atoms with Gasteiger partial charge >= 0.3 is 0 Å². The van der Waals surface area contributed by atoms with Crippen LogP contribution in [-0.4, -0.2) is 48.0 Å². The van der Waals surface area contributed by atoms with Crippen molar-refractivity contribution in [1.82, 2.24) is 15.1 Å². The maximum Gasteiger partial charge on any atom is 0.277 e. The molecule has 0 aliphatic heterocycles. The molecular formula is C18H18ClN3O4S2. The Kier molecular flexibility index (Phi) is 6.82. The molecule has 28 heavy (non-hydrogen) atoms. The van der Waals surface area contributed by atoms with Crippen molar-refractivity contribution in [3.63, 3.8) is 0 Å². The van der Waals surface area contributed by atoms with Gasteiger partial charge in [0, 0.05) is 17.5 Å². The molecule has 3 aromatic rings. The lowest BCUT2D eigenvalue weighted by Crippen LogP contribution is -2.27. The van der Waals surface area contributed by atoms with Gasteiger partial charge in [-0.3, -0.25) is 4.79 Å². The van der Waals surface area contributed by atoms with Crippen molar-refractivity contribution in [2.75, 3.05) is 27.0 Å². The number of ether oxygens (including phenoxy) is 2. The average molecular weight is 440 g/mol. The number of carbonyl (C=O) groups excluding carboxylic acids is 1. The fourth-order valence-electron chi connectivity index (χ4n) is 2.35. The quantitative estimate of drug-likeness (QED) is 0.486. The summed E-state index contributed by atoms with van der Waals surface area (Å²) in [6.07, 6.45) is 0. The number of hydrogen-bond donors (Lipinski definition) is 0. The van der Waals surface area contributed by atoms with Crippen LogP contribution in [0.4, 0.5) is 0 Å². The molecule has 10 heteroatoms. The second-order valence-electron chi connectivity index (χ2n) is 5.69. The third kappa shape index (κ3) is 4.98. The van der Waals surface area contributed by atoms with Crippen LogP contribution < -0.4 is 9.47 Å². The van der Waals surface area contributed by atoms with E-state index in [9.17, 15) is 4.79 Å². The molecule has 0 N–H and O–H groups in total. The molecule has 0 radical (unpaired) electrons. The van der Waals surface area contributed by atoms with Crippen LogP contribution in [0.5, 0.6) is 11.5 Å². The van der Waals surface area contributed by atoms with E-state index in [4.69, 9.17) is 25.5 Å². The Balaban J connectivity index is 1.59. The fourth-order valence-corrected chi connectivity index (χ4v) is 4.19. The lowest BCUT2D eigenvalue weighted by molar-refractivity contribution is -0.127. The molecule has 1 aromatic carbocycles. The summed E-state index contributed by atoms with van der Waals surface area (Å²) in [6, 6.07) is 9.06. The zero-order valence-electron chi connectivity index (χ0n) is 15.5. The summed E-state index contributed by atoms with van der Waals surface area (Å²) in [7, 11) is 4.88. The number of thioether (sulfide) groups is 1. The van der Waals surface area contributed by atoms with E-state index in [1.807, 2.05) is 12.1 Å². The Morgan fingerprint density at radius 1 is 1.21 bits per heavy atom. The third-order valence-corrected chi connectivity index (χ3v) is 5.82. The molecule has 7 nitrogen and oxygen atoms in total. The summed E-state index contributed by atoms with van der Waals surface area (Å²) in [4.78, 5) is 15.0. The van der Waals surface area contributed by atoms with Gasteiger partial charge < -0.3 is 18.8 Å². The van der Waals surface area contributed by atoms with Gasteiger partial charge in [-0.2, -0.15) is 0 Å². The van der Waals surface area contributed by atoms with E-state index in [-0.39, 0.29) is 11.7 Å². The maximum atomic E-state index is 12.3. The minimum atomic E-state index is -0.0413. The Hall–Kier alpha value is -2.23. The van der Waals surface area contributed by atoms with Gasteiger partial charge in [-0.15, -0.1) is 21.5 Å².